The molecule has 9 heteroatoms. The van der Waals surface area contributed by atoms with E-state index in [-0.39, 0.29) is 17.2 Å². The van der Waals surface area contributed by atoms with Crippen molar-refractivity contribution in [2.45, 2.75) is 0 Å². The molecule has 0 bridgehead atoms. The van der Waals surface area contributed by atoms with Crippen molar-refractivity contribution in [2.24, 2.45) is 0 Å². The number of hydrogen-bond acceptors (Lipinski definition) is 7. The third-order valence-corrected chi connectivity index (χ3v) is 3.28. The minimum absolute atomic E-state index is 0.0921. The summed E-state index contributed by atoms with van der Waals surface area (Å²) in [5.74, 6) is -0.365. The van der Waals surface area contributed by atoms with Crippen LogP contribution >= 0.6 is 0 Å². The highest BCUT2D eigenvalue weighted by atomic mass is 16.6. The number of rotatable bonds is 7. The number of carbonyl (C=O) groups is 1. The minimum Gasteiger partial charge on any atom is -0.493 e. The number of non-ortho nitro benzene ring substituents is 1. The predicted molar refractivity (Wildman–Crippen MR) is 96.8 cm³/mol. The van der Waals surface area contributed by atoms with E-state index in [4.69, 9.17) is 9.47 Å². The van der Waals surface area contributed by atoms with Crippen molar-refractivity contribution in [1.82, 2.24) is 0 Å². The first-order valence-electron chi connectivity index (χ1n) is 7.53. The third kappa shape index (κ3) is 5.78. The number of methoxy groups -OCH3 is 1. The summed E-state index contributed by atoms with van der Waals surface area (Å²) in [5.41, 5.74) is 0.870. The molecule has 0 amide bonds. The fraction of sp³-hybridized carbons (Fsp3) is 0.0556. The zero-order valence-corrected chi connectivity index (χ0v) is 14.1. The van der Waals surface area contributed by atoms with E-state index in [0.29, 0.717) is 11.1 Å². The zero-order valence-electron chi connectivity index (χ0n) is 14.1. The Labute approximate surface area is 153 Å². The first kappa shape index (κ1) is 19.3. The minimum atomic E-state index is -0.714. The number of nitro groups is 2. The van der Waals surface area contributed by atoms with Gasteiger partial charge in [-0.15, -0.1) is 0 Å². The largest absolute Gasteiger partial charge is 0.493 e. The molecule has 0 heterocycles. The monoisotopic (exact) mass is 370 g/mol. The molecule has 0 saturated heterocycles. The lowest BCUT2D eigenvalue weighted by atomic mass is 10.2. The van der Waals surface area contributed by atoms with Crippen LogP contribution in [0.2, 0.25) is 0 Å². The van der Waals surface area contributed by atoms with E-state index in [1.165, 1.54) is 55.7 Å². The Morgan fingerprint density at radius 3 is 2.41 bits per heavy atom. The molecule has 0 saturated carbocycles. The molecule has 2 aromatic rings. The van der Waals surface area contributed by atoms with Gasteiger partial charge in [-0.2, -0.15) is 0 Å². The van der Waals surface area contributed by atoms with Crippen LogP contribution in [-0.2, 0) is 4.79 Å². The molecule has 0 atom stereocenters. The average molecular weight is 370 g/mol. The lowest BCUT2D eigenvalue weighted by Gasteiger charge is -2.08. The second kappa shape index (κ2) is 8.90. The van der Waals surface area contributed by atoms with Crippen molar-refractivity contribution in [3.05, 3.63) is 86.1 Å². The summed E-state index contributed by atoms with van der Waals surface area (Å²) < 4.78 is 10.3. The van der Waals surface area contributed by atoms with Crippen molar-refractivity contribution in [3.63, 3.8) is 0 Å². The molecule has 0 spiro atoms. The molecular formula is C18H14N2O7. The van der Waals surface area contributed by atoms with Crippen LogP contribution in [0.15, 0.2) is 54.7 Å². The highest BCUT2D eigenvalue weighted by Crippen LogP contribution is 2.29. The van der Waals surface area contributed by atoms with Gasteiger partial charge in [0.05, 0.1) is 17.0 Å². The number of ether oxygens (including phenoxy) is 2. The van der Waals surface area contributed by atoms with Gasteiger partial charge in [-0.3, -0.25) is 20.2 Å². The van der Waals surface area contributed by atoms with Gasteiger partial charge in [-0.05, 0) is 29.3 Å². The normalized spacial score (nSPS) is 10.9. The molecule has 0 radical (unpaired) electrons. The third-order valence-electron chi connectivity index (χ3n) is 3.28. The first-order valence-corrected chi connectivity index (χ1v) is 7.53. The van der Waals surface area contributed by atoms with E-state index in [0.717, 1.165) is 12.3 Å². The molecule has 0 aliphatic carbocycles. The highest BCUT2D eigenvalue weighted by molar-refractivity contribution is 5.89. The van der Waals surface area contributed by atoms with Crippen LogP contribution in [0.1, 0.15) is 11.1 Å². The Morgan fingerprint density at radius 1 is 1.00 bits per heavy atom. The fourth-order valence-electron chi connectivity index (χ4n) is 2.07. The number of esters is 1. The molecule has 0 fully saturated rings. The Kier molecular flexibility index (Phi) is 6.37. The van der Waals surface area contributed by atoms with Crippen LogP contribution in [-0.4, -0.2) is 22.9 Å². The molecule has 0 aliphatic heterocycles. The van der Waals surface area contributed by atoms with Crippen LogP contribution in [0.25, 0.3) is 12.2 Å². The van der Waals surface area contributed by atoms with Crippen molar-refractivity contribution in [1.29, 1.82) is 0 Å². The van der Waals surface area contributed by atoms with E-state index in [1.54, 1.807) is 6.07 Å². The SMILES string of the molecule is COc1cc(/C=C\[N+](=O)[O-])ccc1OC(=O)/C=C/c1cccc([N+](=O)[O-])c1. The van der Waals surface area contributed by atoms with Crippen LogP contribution in [0, 0.1) is 20.2 Å². The first-order chi connectivity index (χ1) is 12.9. The molecule has 0 N–H and O–H groups in total. The number of benzene rings is 2. The molecule has 0 unspecified atom stereocenters. The van der Waals surface area contributed by atoms with Crippen LogP contribution < -0.4 is 9.47 Å². The van der Waals surface area contributed by atoms with Gasteiger partial charge in [0.2, 0.25) is 6.20 Å². The van der Waals surface area contributed by atoms with Gasteiger partial charge in [-0.25, -0.2) is 4.79 Å². The van der Waals surface area contributed by atoms with Gasteiger partial charge < -0.3 is 9.47 Å². The van der Waals surface area contributed by atoms with E-state index in [2.05, 4.69) is 0 Å². The van der Waals surface area contributed by atoms with Crippen molar-refractivity contribution >= 4 is 23.8 Å². The molecule has 0 aromatic heterocycles. The second-order valence-electron chi connectivity index (χ2n) is 5.12. The Morgan fingerprint density at radius 2 is 1.74 bits per heavy atom. The molecule has 0 aliphatic rings. The zero-order chi connectivity index (χ0) is 19.8. The molecule has 27 heavy (non-hydrogen) atoms. The average Bonchev–Trinajstić information content (AvgIpc) is 2.65. The van der Waals surface area contributed by atoms with Gasteiger partial charge >= 0.3 is 5.97 Å². The quantitative estimate of drug-likeness (QED) is 0.240. The maximum atomic E-state index is 12.0. The number of hydrogen-bond donors (Lipinski definition) is 0. The summed E-state index contributed by atoms with van der Waals surface area (Å²) in [6.45, 7) is 0. The Bertz CT molecular complexity index is 935. The number of nitrogens with zero attached hydrogens (tertiary/aromatic N) is 2. The van der Waals surface area contributed by atoms with Crippen LogP contribution in [0.5, 0.6) is 11.5 Å². The van der Waals surface area contributed by atoms with Gasteiger partial charge in [0, 0.05) is 24.3 Å². The van der Waals surface area contributed by atoms with Gasteiger partial charge in [-0.1, -0.05) is 18.2 Å². The summed E-state index contributed by atoms with van der Waals surface area (Å²) in [6, 6.07) is 10.2. The summed E-state index contributed by atoms with van der Waals surface area (Å²) in [4.78, 5) is 31.9. The summed E-state index contributed by atoms with van der Waals surface area (Å²) in [6.07, 6.45) is 4.56. The van der Waals surface area contributed by atoms with Crippen molar-refractivity contribution < 1.29 is 24.1 Å². The summed E-state index contributed by atoms with van der Waals surface area (Å²) in [5, 5.41) is 21.1. The number of nitro benzene ring substituents is 1. The molecule has 2 rings (SSSR count). The highest BCUT2D eigenvalue weighted by Gasteiger charge is 2.09. The van der Waals surface area contributed by atoms with Gasteiger partial charge in [0.1, 0.15) is 0 Å². The molecule has 138 valence electrons. The van der Waals surface area contributed by atoms with Crippen LogP contribution in [0.3, 0.4) is 0 Å². The topological polar surface area (TPSA) is 122 Å². The lowest BCUT2D eigenvalue weighted by molar-refractivity contribution is -0.400. The van der Waals surface area contributed by atoms with Crippen molar-refractivity contribution in [3.8, 4) is 11.5 Å². The van der Waals surface area contributed by atoms with Crippen molar-refractivity contribution in [2.75, 3.05) is 7.11 Å². The van der Waals surface area contributed by atoms with E-state index < -0.39 is 15.8 Å². The second-order valence-corrected chi connectivity index (χ2v) is 5.12. The van der Waals surface area contributed by atoms with E-state index >= 15 is 0 Å². The van der Waals surface area contributed by atoms with E-state index in [9.17, 15) is 25.0 Å². The standard InChI is InChI=1S/C18H14N2O7/c1-26-17-12-14(9-10-19(22)23)5-7-16(17)27-18(21)8-6-13-3-2-4-15(11-13)20(24)25/h2-12H,1H3/b8-6+,10-9-. The summed E-state index contributed by atoms with van der Waals surface area (Å²) >= 11 is 0. The number of carbonyl (C=O) groups excluding carboxylic acids is 1. The lowest BCUT2D eigenvalue weighted by Crippen LogP contribution is -2.05. The maximum Gasteiger partial charge on any atom is 0.336 e. The predicted octanol–water partition coefficient (Wildman–Crippen LogP) is 3.47. The Balaban J connectivity index is 2.12. The molecule has 2 aromatic carbocycles. The smallest absolute Gasteiger partial charge is 0.336 e. The maximum absolute atomic E-state index is 12.0. The van der Waals surface area contributed by atoms with Gasteiger partial charge in [0.15, 0.2) is 11.5 Å². The fourth-order valence-corrected chi connectivity index (χ4v) is 2.07. The van der Waals surface area contributed by atoms with Gasteiger partial charge in [0.25, 0.3) is 5.69 Å². The van der Waals surface area contributed by atoms with E-state index in [1.807, 2.05) is 0 Å². The molecular weight excluding hydrogens is 356 g/mol. The summed E-state index contributed by atoms with van der Waals surface area (Å²) in [7, 11) is 1.37. The Hall–Kier alpha value is -4.01. The molecule has 9 nitrogen and oxygen atoms in total. The van der Waals surface area contributed by atoms with Crippen LogP contribution in [0.4, 0.5) is 5.69 Å².